The van der Waals surface area contributed by atoms with Crippen LogP contribution in [-0.2, 0) is 31.5 Å². The summed E-state index contributed by atoms with van der Waals surface area (Å²) < 4.78 is 16.9. The highest BCUT2D eigenvalue weighted by atomic mass is 19.1. The molecule has 2 aromatic carbocycles. The van der Waals surface area contributed by atoms with Crippen LogP contribution in [0.4, 0.5) is 4.39 Å². The van der Waals surface area contributed by atoms with Crippen LogP contribution >= 0.6 is 0 Å². The number of hydrogen-bond acceptors (Lipinski definition) is 3. The van der Waals surface area contributed by atoms with Gasteiger partial charge in [0.15, 0.2) is 0 Å². The van der Waals surface area contributed by atoms with Gasteiger partial charge in [-0.3, -0.25) is 9.88 Å². The Morgan fingerprint density at radius 3 is 2.46 bits per heavy atom. The van der Waals surface area contributed by atoms with Crippen LogP contribution in [0, 0.1) is 5.82 Å². The number of para-hydroxylation sites is 1. The topological polar surface area (TPSA) is 49.7 Å². The molecule has 0 fully saturated rings. The van der Waals surface area contributed by atoms with E-state index in [1.54, 1.807) is 6.07 Å². The van der Waals surface area contributed by atoms with Gasteiger partial charge in [0.2, 0.25) is 0 Å². The molecule has 4 heterocycles. The summed E-state index contributed by atoms with van der Waals surface area (Å²) in [6.45, 7) is 10.3. The molecule has 0 spiro atoms. The van der Waals surface area contributed by atoms with Crippen molar-refractivity contribution in [2.45, 2.75) is 59.2 Å². The SMILES string of the molecule is CCc1cccc(CC)c1-n1nc2c(c1-c1ccc(F)c3[nH]ccc13)CN(Cc1ccccn1)C2(C)C. The van der Waals surface area contributed by atoms with E-state index >= 15 is 0 Å². The molecule has 0 radical (unpaired) electrons. The number of benzene rings is 2. The summed E-state index contributed by atoms with van der Waals surface area (Å²) in [5, 5.41) is 6.24. The van der Waals surface area contributed by atoms with Crippen LogP contribution in [0.15, 0.2) is 67.0 Å². The molecule has 5 nitrogen and oxygen atoms in total. The monoisotopic (exact) mass is 493 g/mol. The van der Waals surface area contributed by atoms with E-state index in [1.807, 2.05) is 36.7 Å². The second-order valence-electron chi connectivity index (χ2n) is 10.3. The van der Waals surface area contributed by atoms with Crippen molar-refractivity contribution in [3.05, 3.63) is 101 Å². The van der Waals surface area contributed by atoms with Crippen LogP contribution in [-0.4, -0.2) is 24.6 Å². The minimum absolute atomic E-state index is 0.244. The third-order valence-corrected chi connectivity index (χ3v) is 7.89. The summed E-state index contributed by atoms with van der Waals surface area (Å²) in [6, 6.07) is 18.0. The minimum Gasteiger partial charge on any atom is -0.359 e. The van der Waals surface area contributed by atoms with E-state index in [4.69, 9.17) is 5.10 Å². The summed E-state index contributed by atoms with van der Waals surface area (Å²) in [5.74, 6) is -0.244. The normalized spacial score (nSPS) is 14.9. The third-order valence-electron chi connectivity index (χ3n) is 7.89. The van der Waals surface area contributed by atoms with Crippen molar-refractivity contribution in [2.24, 2.45) is 0 Å². The lowest BCUT2D eigenvalue weighted by Gasteiger charge is -2.31. The molecule has 188 valence electrons. The Balaban J connectivity index is 1.61. The highest BCUT2D eigenvalue weighted by molar-refractivity contribution is 5.96. The molecular formula is C31H32FN5. The molecule has 0 atom stereocenters. The average Bonchev–Trinajstić information content (AvgIpc) is 3.60. The molecule has 6 heteroatoms. The number of aromatic amines is 1. The van der Waals surface area contributed by atoms with Gasteiger partial charge >= 0.3 is 0 Å². The average molecular weight is 494 g/mol. The molecule has 1 aliphatic heterocycles. The molecule has 0 amide bonds. The van der Waals surface area contributed by atoms with Gasteiger partial charge in [0, 0.05) is 42.0 Å². The number of nitrogens with one attached hydrogen (secondary N) is 1. The number of aromatic nitrogens is 4. The van der Waals surface area contributed by atoms with Crippen molar-refractivity contribution < 1.29 is 4.39 Å². The summed E-state index contributed by atoms with van der Waals surface area (Å²) in [7, 11) is 0. The molecule has 0 bridgehead atoms. The molecular weight excluding hydrogens is 461 g/mol. The minimum atomic E-state index is -0.294. The Kier molecular flexibility index (Phi) is 5.72. The predicted octanol–water partition coefficient (Wildman–Crippen LogP) is 6.93. The van der Waals surface area contributed by atoms with Crippen LogP contribution in [0.25, 0.3) is 27.8 Å². The molecule has 0 aliphatic carbocycles. The zero-order valence-electron chi connectivity index (χ0n) is 21.8. The van der Waals surface area contributed by atoms with Gasteiger partial charge in [-0.05, 0) is 68.1 Å². The first kappa shape index (κ1) is 23.6. The smallest absolute Gasteiger partial charge is 0.147 e. The quantitative estimate of drug-likeness (QED) is 0.279. The fraction of sp³-hybridized carbons (Fsp3) is 0.290. The van der Waals surface area contributed by atoms with Crippen LogP contribution in [0.3, 0.4) is 0 Å². The zero-order chi connectivity index (χ0) is 25.7. The number of hydrogen-bond donors (Lipinski definition) is 1. The van der Waals surface area contributed by atoms with E-state index in [1.165, 1.54) is 16.7 Å². The third kappa shape index (κ3) is 3.70. The number of nitrogens with zero attached hydrogens (tertiary/aromatic N) is 4. The van der Waals surface area contributed by atoms with Crippen molar-refractivity contribution in [3.63, 3.8) is 0 Å². The largest absolute Gasteiger partial charge is 0.359 e. The number of rotatable bonds is 6. The van der Waals surface area contributed by atoms with Gasteiger partial charge in [-0.1, -0.05) is 38.1 Å². The predicted molar refractivity (Wildman–Crippen MR) is 146 cm³/mol. The summed E-state index contributed by atoms with van der Waals surface area (Å²) in [4.78, 5) is 10.1. The Morgan fingerprint density at radius 1 is 0.973 bits per heavy atom. The maximum atomic E-state index is 14.7. The van der Waals surface area contributed by atoms with Crippen molar-refractivity contribution in [1.29, 1.82) is 0 Å². The standard InChI is InChI=1S/C31H32FN5/c1-5-20-10-9-11-21(6-2)28(20)37-29(24-13-14-26(32)27-23(24)15-17-34-27)25-19-36(31(3,4)30(25)35-37)18-22-12-7-8-16-33-22/h7-17,34H,5-6,18-19H2,1-4H3. The zero-order valence-corrected chi connectivity index (χ0v) is 21.8. The first-order valence-electron chi connectivity index (χ1n) is 13.1. The van der Waals surface area contributed by atoms with Crippen molar-refractivity contribution >= 4 is 10.9 Å². The summed E-state index contributed by atoms with van der Waals surface area (Å²) in [5.41, 5.74) is 9.25. The first-order valence-corrected chi connectivity index (χ1v) is 13.1. The molecule has 0 saturated heterocycles. The van der Waals surface area contributed by atoms with Gasteiger partial charge in [0.25, 0.3) is 0 Å². The van der Waals surface area contributed by atoms with E-state index in [-0.39, 0.29) is 11.4 Å². The molecule has 0 unspecified atom stereocenters. The molecule has 1 N–H and O–H groups in total. The second-order valence-corrected chi connectivity index (χ2v) is 10.3. The van der Waals surface area contributed by atoms with Crippen molar-refractivity contribution in [1.82, 2.24) is 24.6 Å². The Labute approximate surface area is 217 Å². The van der Waals surface area contributed by atoms with Gasteiger partial charge in [0.1, 0.15) is 5.82 Å². The highest BCUT2D eigenvalue weighted by Crippen LogP contribution is 2.46. The lowest BCUT2D eigenvalue weighted by molar-refractivity contribution is 0.121. The molecule has 5 aromatic rings. The first-order chi connectivity index (χ1) is 17.9. The van der Waals surface area contributed by atoms with Crippen LogP contribution in [0.5, 0.6) is 0 Å². The fourth-order valence-corrected chi connectivity index (χ4v) is 5.82. The Morgan fingerprint density at radius 2 is 1.76 bits per heavy atom. The van der Waals surface area contributed by atoms with Gasteiger partial charge in [-0.15, -0.1) is 0 Å². The summed E-state index contributed by atoms with van der Waals surface area (Å²) >= 11 is 0. The van der Waals surface area contributed by atoms with E-state index in [0.717, 1.165) is 59.7 Å². The maximum Gasteiger partial charge on any atom is 0.147 e. The van der Waals surface area contributed by atoms with E-state index < -0.39 is 0 Å². The number of pyridine rings is 1. The van der Waals surface area contributed by atoms with E-state index in [2.05, 4.69) is 71.5 Å². The lowest BCUT2D eigenvalue weighted by atomic mass is 9.97. The van der Waals surface area contributed by atoms with Gasteiger partial charge in [0.05, 0.1) is 33.8 Å². The van der Waals surface area contributed by atoms with Crippen LogP contribution in [0.1, 0.15) is 55.8 Å². The lowest BCUT2D eigenvalue weighted by Crippen LogP contribution is -2.36. The molecule has 0 saturated carbocycles. The fourth-order valence-electron chi connectivity index (χ4n) is 5.82. The Hall–Kier alpha value is -3.77. The molecule has 3 aromatic heterocycles. The Bertz CT molecular complexity index is 1570. The van der Waals surface area contributed by atoms with Crippen LogP contribution in [0.2, 0.25) is 0 Å². The van der Waals surface area contributed by atoms with Crippen molar-refractivity contribution in [2.75, 3.05) is 0 Å². The molecule has 1 aliphatic rings. The number of fused-ring (bicyclic) bond motifs is 2. The number of aryl methyl sites for hydroxylation is 2. The van der Waals surface area contributed by atoms with Crippen molar-refractivity contribution in [3.8, 4) is 16.9 Å². The van der Waals surface area contributed by atoms with E-state index in [0.29, 0.717) is 5.52 Å². The van der Waals surface area contributed by atoms with Gasteiger partial charge in [-0.2, -0.15) is 5.10 Å². The number of halogens is 1. The second kappa shape index (κ2) is 8.96. The van der Waals surface area contributed by atoms with Crippen LogP contribution < -0.4 is 0 Å². The van der Waals surface area contributed by atoms with Gasteiger partial charge < -0.3 is 4.98 Å². The van der Waals surface area contributed by atoms with Gasteiger partial charge in [-0.25, -0.2) is 9.07 Å². The maximum absolute atomic E-state index is 14.7. The molecule has 37 heavy (non-hydrogen) atoms. The number of H-pyrrole nitrogens is 1. The molecule has 6 rings (SSSR count). The highest BCUT2D eigenvalue weighted by Gasteiger charge is 2.43. The van der Waals surface area contributed by atoms with E-state index in [9.17, 15) is 4.39 Å². The summed E-state index contributed by atoms with van der Waals surface area (Å²) in [6.07, 6.45) is 5.47.